The molecule has 5 nitrogen and oxygen atoms in total. The normalized spacial score (nSPS) is 14.6. The molecule has 1 fully saturated rings. The molecule has 0 saturated carbocycles. The van der Waals surface area contributed by atoms with E-state index in [0.717, 1.165) is 17.8 Å². The molecule has 1 aliphatic heterocycles. The third-order valence-electron chi connectivity index (χ3n) is 4.81. The Kier molecular flexibility index (Phi) is 5.50. The van der Waals surface area contributed by atoms with Crippen molar-refractivity contribution in [2.24, 2.45) is 0 Å². The lowest BCUT2D eigenvalue weighted by Gasteiger charge is -2.30. The molecule has 1 N–H and O–H groups in total. The Morgan fingerprint density at radius 1 is 0.967 bits per heavy atom. The number of carbonyl (C=O) groups excluding carboxylic acids is 1. The van der Waals surface area contributed by atoms with Crippen LogP contribution in [0.15, 0.2) is 65.1 Å². The Balaban J connectivity index is 1.53. The molecule has 4 rings (SSSR count). The fourth-order valence-electron chi connectivity index (χ4n) is 3.31. The molecule has 1 aromatic heterocycles. The molecule has 0 radical (unpaired) electrons. The van der Waals surface area contributed by atoms with Crippen molar-refractivity contribution < 1.29 is 27.1 Å². The van der Waals surface area contributed by atoms with Crippen molar-refractivity contribution in [3.63, 3.8) is 0 Å². The molecule has 3 aromatic rings. The summed E-state index contributed by atoms with van der Waals surface area (Å²) in [6.45, 7) is 2.66. The first-order valence-corrected chi connectivity index (χ1v) is 9.42. The van der Waals surface area contributed by atoms with Gasteiger partial charge in [-0.3, -0.25) is 4.79 Å². The molecule has 0 aliphatic carbocycles. The largest absolute Gasteiger partial charge is 0.451 e. The highest BCUT2D eigenvalue weighted by Crippen LogP contribution is 2.33. The van der Waals surface area contributed by atoms with E-state index in [-0.39, 0.29) is 17.1 Å². The maximum atomic E-state index is 12.9. The summed E-state index contributed by atoms with van der Waals surface area (Å²) in [7, 11) is 0. The first kappa shape index (κ1) is 20.0. The Bertz CT molecular complexity index is 1040. The van der Waals surface area contributed by atoms with Crippen molar-refractivity contribution in [1.29, 1.82) is 0 Å². The number of morpholine rings is 1. The molecule has 1 aliphatic rings. The second-order valence-corrected chi connectivity index (χ2v) is 6.81. The van der Waals surface area contributed by atoms with Crippen molar-refractivity contribution in [3.8, 4) is 11.3 Å². The summed E-state index contributed by atoms with van der Waals surface area (Å²) in [6.07, 6.45) is -4.45. The molecule has 0 spiro atoms. The molecule has 0 atom stereocenters. The summed E-state index contributed by atoms with van der Waals surface area (Å²) < 4.78 is 49.7. The third kappa shape index (κ3) is 4.33. The predicted molar refractivity (Wildman–Crippen MR) is 107 cm³/mol. The second kappa shape index (κ2) is 8.23. The number of benzene rings is 2. The number of amides is 1. The molecule has 0 unspecified atom stereocenters. The van der Waals surface area contributed by atoms with Crippen molar-refractivity contribution in [2.45, 2.75) is 6.18 Å². The van der Waals surface area contributed by atoms with Gasteiger partial charge in [0.05, 0.1) is 30.2 Å². The van der Waals surface area contributed by atoms with Gasteiger partial charge in [-0.1, -0.05) is 24.3 Å². The zero-order valence-corrected chi connectivity index (χ0v) is 15.9. The number of nitrogens with one attached hydrogen (secondary N) is 1. The molecule has 8 heteroatoms. The lowest BCUT2D eigenvalue weighted by molar-refractivity contribution is -0.137. The Hall–Kier alpha value is -3.26. The number of para-hydroxylation sites is 2. The predicted octanol–water partition coefficient (Wildman–Crippen LogP) is 5.05. The van der Waals surface area contributed by atoms with Crippen LogP contribution in [-0.4, -0.2) is 32.2 Å². The van der Waals surface area contributed by atoms with E-state index >= 15 is 0 Å². The number of halogens is 3. The van der Waals surface area contributed by atoms with Crippen LogP contribution in [0.25, 0.3) is 11.3 Å². The van der Waals surface area contributed by atoms with Gasteiger partial charge in [0.2, 0.25) is 0 Å². The fraction of sp³-hybridized carbons (Fsp3) is 0.227. The first-order valence-electron chi connectivity index (χ1n) is 9.42. The average molecular weight is 416 g/mol. The quantitative estimate of drug-likeness (QED) is 0.646. The van der Waals surface area contributed by atoms with Crippen molar-refractivity contribution in [2.75, 3.05) is 36.5 Å². The van der Waals surface area contributed by atoms with Crippen molar-refractivity contribution in [1.82, 2.24) is 0 Å². The monoisotopic (exact) mass is 416 g/mol. The van der Waals surface area contributed by atoms with Crippen LogP contribution < -0.4 is 10.2 Å². The standard InChI is InChI=1S/C22H19F3N2O3/c23-22(24,25)16-5-3-4-15(14-16)19-8-9-20(30-19)21(28)26-17-6-1-2-7-18(17)27-10-12-29-13-11-27/h1-9,14H,10-13H2,(H,26,28). The SMILES string of the molecule is O=C(Nc1ccccc1N1CCOCC1)c1ccc(-c2cccc(C(F)(F)F)c2)o1. The van der Waals surface area contributed by atoms with Crippen LogP contribution >= 0.6 is 0 Å². The van der Waals surface area contributed by atoms with Crippen LogP contribution in [0.2, 0.25) is 0 Å². The van der Waals surface area contributed by atoms with Gasteiger partial charge < -0.3 is 19.4 Å². The molecule has 156 valence electrons. The fourth-order valence-corrected chi connectivity index (χ4v) is 3.31. The van der Waals surface area contributed by atoms with Gasteiger partial charge >= 0.3 is 6.18 Å². The molecular formula is C22H19F3N2O3. The Morgan fingerprint density at radius 3 is 2.50 bits per heavy atom. The highest BCUT2D eigenvalue weighted by molar-refractivity contribution is 6.04. The second-order valence-electron chi connectivity index (χ2n) is 6.81. The van der Waals surface area contributed by atoms with Gasteiger partial charge in [-0.2, -0.15) is 13.2 Å². The molecule has 1 amide bonds. The van der Waals surface area contributed by atoms with Crippen molar-refractivity contribution >= 4 is 17.3 Å². The summed E-state index contributed by atoms with van der Waals surface area (Å²) >= 11 is 0. The summed E-state index contributed by atoms with van der Waals surface area (Å²) in [5.41, 5.74) is 0.972. The Morgan fingerprint density at radius 2 is 1.73 bits per heavy atom. The number of hydrogen-bond donors (Lipinski definition) is 1. The van der Waals surface area contributed by atoms with Gasteiger partial charge in [0.15, 0.2) is 5.76 Å². The van der Waals surface area contributed by atoms with Crippen LogP contribution in [0.5, 0.6) is 0 Å². The highest BCUT2D eigenvalue weighted by Gasteiger charge is 2.30. The van der Waals surface area contributed by atoms with Gasteiger partial charge in [0.1, 0.15) is 5.76 Å². The molecule has 2 heterocycles. The van der Waals surface area contributed by atoms with Gasteiger partial charge in [-0.05, 0) is 36.4 Å². The number of anilines is 2. The zero-order chi connectivity index (χ0) is 21.1. The molecule has 0 bridgehead atoms. The lowest BCUT2D eigenvalue weighted by atomic mass is 10.1. The summed E-state index contributed by atoms with van der Waals surface area (Å²) in [6, 6.07) is 15.1. The van der Waals surface area contributed by atoms with Gasteiger partial charge in [0, 0.05) is 18.7 Å². The van der Waals surface area contributed by atoms with Gasteiger partial charge in [0.25, 0.3) is 5.91 Å². The molecule has 1 saturated heterocycles. The van der Waals surface area contributed by atoms with E-state index in [4.69, 9.17) is 9.15 Å². The maximum Gasteiger partial charge on any atom is 0.416 e. The minimum atomic E-state index is -4.45. The number of furan rings is 1. The van der Waals surface area contributed by atoms with Crippen molar-refractivity contribution in [3.05, 3.63) is 72.0 Å². The minimum absolute atomic E-state index is 0.0131. The number of hydrogen-bond acceptors (Lipinski definition) is 4. The summed E-state index contributed by atoms with van der Waals surface area (Å²) in [4.78, 5) is 14.8. The van der Waals surface area contributed by atoms with Crippen LogP contribution in [0.4, 0.5) is 24.5 Å². The average Bonchev–Trinajstić information content (AvgIpc) is 3.25. The number of carbonyl (C=O) groups is 1. The van der Waals surface area contributed by atoms with E-state index in [0.29, 0.717) is 32.0 Å². The summed E-state index contributed by atoms with van der Waals surface area (Å²) in [5, 5.41) is 2.83. The smallest absolute Gasteiger partial charge is 0.416 e. The van der Waals surface area contributed by atoms with E-state index in [9.17, 15) is 18.0 Å². The van der Waals surface area contributed by atoms with Crippen LogP contribution in [-0.2, 0) is 10.9 Å². The van der Waals surface area contributed by atoms with E-state index in [2.05, 4.69) is 10.2 Å². The topological polar surface area (TPSA) is 54.7 Å². The molecule has 30 heavy (non-hydrogen) atoms. The Labute approximate surface area is 171 Å². The minimum Gasteiger partial charge on any atom is -0.451 e. The maximum absolute atomic E-state index is 12.9. The zero-order valence-electron chi connectivity index (χ0n) is 15.9. The first-order chi connectivity index (χ1) is 14.4. The number of ether oxygens (including phenoxy) is 1. The lowest BCUT2D eigenvalue weighted by Crippen LogP contribution is -2.36. The van der Waals surface area contributed by atoms with E-state index < -0.39 is 17.6 Å². The third-order valence-corrected chi connectivity index (χ3v) is 4.81. The number of rotatable bonds is 4. The van der Waals surface area contributed by atoms with E-state index in [1.165, 1.54) is 24.3 Å². The number of nitrogens with zero attached hydrogens (tertiary/aromatic N) is 1. The molecular weight excluding hydrogens is 397 g/mol. The molecule has 2 aromatic carbocycles. The van der Waals surface area contributed by atoms with Crippen LogP contribution in [0, 0.1) is 0 Å². The number of alkyl halides is 3. The van der Waals surface area contributed by atoms with Gasteiger partial charge in [-0.25, -0.2) is 0 Å². The van der Waals surface area contributed by atoms with Crippen LogP contribution in [0.1, 0.15) is 16.1 Å². The van der Waals surface area contributed by atoms with E-state index in [1.54, 1.807) is 6.07 Å². The van der Waals surface area contributed by atoms with E-state index in [1.807, 2.05) is 18.2 Å². The highest BCUT2D eigenvalue weighted by atomic mass is 19.4. The van der Waals surface area contributed by atoms with Gasteiger partial charge in [-0.15, -0.1) is 0 Å². The van der Waals surface area contributed by atoms with Crippen LogP contribution in [0.3, 0.4) is 0 Å². The summed E-state index contributed by atoms with van der Waals surface area (Å²) in [5.74, 6) is -0.277.